The molecule has 36 heavy (non-hydrogen) atoms. The number of amides is 1. The van der Waals surface area contributed by atoms with E-state index in [0.29, 0.717) is 23.8 Å². The van der Waals surface area contributed by atoms with Gasteiger partial charge in [-0.15, -0.1) is 0 Å². The van der Waals surface area contributed by atoms with Crippen LogP contribution in [0.4, 0.5) is 5.69 Å². The van der Waals surface area contributed by atoms with Gasteiger partial charge in [0.2, 0.25) is 0 Å². The number of nitrogens with one attached hydrogen (secondary N) is 1. The minimum absolute atomic E-state index is 0.0523. The van der Waals surface area contributed by atoms with E-state index in [2.05, 4.69) is 14.7 Å². The van der Waals surface area contributed by atoms with E-state index in [9.17, 15) is 13.2 Å². The fourth-order valence-electron chi connectivity index (χ4n) is 3.85. The molecule has 9 heteroatoms. The molecule has 0 radical (unpaired) electrons. The number of fused-ring (bicyclic) bond motifs is 2. The topological polar surface area (TPSA) is 100 Å². The van der Waals surface area contributed by atoms with Crippen LogP contribution in [0.3, 0.4) is 0 Å². The molecular weight excluding hydrogens is 476 g/mol. The average molecular weight is 499 g/mol. The van der Waals surface area contributed by atoms with E-state index in [1.807, 2.05) is 53.6 Å². The Balaban J connectivity index is 1.46. The zero-order chi connectivity index (χ0) is 25.1. The molecule has 0 fully saturated rings. The van der Waals surface area contributed by atoms with E-state index >= 15 is 0 Å². The molecule has 3 aromatic rings. The maximum absolute atomic E-state index is 13.2. The van der Waals surface area contributed by atoms with Crippen molar-refractivity contribution in [1.82, 2.24) is 4.90 Å². The fraction of sp³-hybridized carbons (Fsp3) is 0.0741. The van der Waals surface area contributed by atoms with E-state index in [0.717, 1.165) is 11.1 Å². The van der Waals surface area contributed by atoms with Crippen molar-refractivity contribution in [3.63, 3.8) is 0 Å². The molecular formula is C27H22N4O4S. The molecule has 0 unspecified atom stereocenters. The van der Waals surface area contributed by atoms with Crippen LogP contribution in [-0.2, 0) is 16.6 Å². The molecule has 0 spiro atoms. The molecule has 0 bridgehead atoms. The van der Waals surface area contributed by atoms with E-state index < -0.39 is 15.9 Å². The summed E-state index contributed by atoms with van der Waals surface area (Å²) < 4.78 is 33.5. The van der Waals surface area contributed by atoms with Gasteiger partial charge in [0.15, 0.2) is 5.84 Å². The maximum Gasteiger partial charge on any atom is 0.279 e. The van der Waals surface area contributed by atoms with E-state index in [4.69, 9.17) is 4.74 Å². The first-order valence-corrected chi connectivity index (χ1v) is 12.6. The molecule has 1 amide bonds. The number of amidine groups is 2. The summed E-state index contributed by atoms with van der Waals surface area (Å²) >= 11 is 0. The predicted octanol–water partition coefficient (Wildman–Crippen LogP) is 4.38. The summed E-state index contributed by atoms with van der Waals surface area (Å²) in [6.07, 6.45) is 7.56. The highest BCUT2D eigenvalue weighted by Gasteiger charge is 2.22. The van der Waals surface area contributed by atoms with Crippen molar-refractivity contribution in [2.45, 2.75) is 11.4 Å². The minimum atomic E-state index is -3.93. The van der Waals surface area contributed by atoms with Crippen LogP contribution in [-0.4, -0.2) is 38.0 Å². The van der Waals surface area contributed by atoms with Crippen LogP contribution in [0.1, 0.15) is 21.5 Å². The number of hydrogen-bond donors (Lipinski definition) is 1. The lowest BCUT2D eigenvalue weighted by atomic mass is 10.1. The summed E-state index contributed by atoms with van der Waals surface area (Å²) in [6.45, 7) is 0.591. The summed E-state index contributed by atoms with van der Waals surface area (Å²) in [5.74, 6) is 0.962. The van der Waals surface area contributed by atoms with Crippen molar-refractivity contribution in [3.05, 3.63) is 114 Å². The molecule has 180 valence electrons. The molecule has 0 atom stereocenters. The predicted molar refractivity (Wildman–Crippen MR) is 139 cm³/mol. The zero-order valence-corrected chi connectivity index (χ0v) is 20.1. The highest BCUT2D eigenvalue weighted by Crippen LogP contribution is 2.23. The Hall–Kier alpha value is -4.50. The standard InChI is InChI=1S/C27H22N4O4S/c1-35-22-14-12-21(13-15-22)30-36(33,34)23-9-6-8-19(17-23)27(32)29-26-24-10-3-2-7-20(24)18-31-16-5-4-11-25(31)28-26/h2-17,30H,18H2,1H3. The molecule has 0 saturated carbocycles. The molecule has 0 aromatic heterocycles. The summed E-state index contributed by atoms with van der Waals surface area (Å²) in [7, 11) is -2.40. The quantitative estimate of drug-likeness (QED) is 0.563. The molecule has 8 nitrogen and oxygen atoms in total. The first-order valence-electron chi connectivity index (χ1n) is 11.1. The number of allylic oxidation sites excluding steroid dienone is 2. The van der Waals surface area contributed by atoms with Crippen molar-refractivity contribution < 1.29 is 17.9 Å². The molecule has 0 saturated heterocycles. The highest BCUT2D eigenvalue weighted by molar-refractivity contribution is 7.92. The fourth-order valence-corrected chi connectivity index (χ4v) is 4.95. The average Bonchev–Trinajstić information content (AvgIpc) is 3.05. The van der Waals surface area contributed by atoms with Crippen LogP contribution < -0.4 is 9.46 Å². The lowest BCUT2D eigenvalue weighted by Gasteiger charge is -2.20. The summed E-state index contributed by atoms with van der Waals surface area (Å²) in [5, 5.41) is 0. The zero-order valence-electron chi connectivity index (χ0n) is 19.3. The van der Waals surface area contributed by atoms with Gasteiger partial charge in [-0.05, 0) is 60.2 Å². The Kier molecular flexibility index (Phi) is 6.22. The first-order chi connectivity index (χ1) is 17.4. The van der Waals surface area contributed by atoms with Crippen molar-refractivity contribution in [2.75, 3.05) is 11.8 Å². The van der Waals surface area contributed by atoms with E-state index in [1.165, 1.54) is 31.4 Å². The number of aliphatic imine (C=N–C) groups is 2. The van der Waals surface area contributed by atoms with Crippen LogP contribution in [0, 0.1) is 0 Å². The van der Waals surface area contributed by atoms with Crippen LogP contribution in [0.25, 0.3) is 0 Å². The lowest BCUT2D eigenvalue weighted by molar-refractivity contribution is 0.100. The molecule has 1 N–H and O–H groups in total. The van der Waals surface area contributed by atoms with Gasteiger partial charge in [0, 0.05) is 29.6 Å². The Morgan fingerprint density at radius 1 is 1.03 bits per heavy atom. The number of carbonyl (C=O) groups is 1. The van der Waals surface area contributed by atoms with Crippen LogP contribution >= 0.6 is 0 Å². The van der Waals surface area contributed by atoms with Crippen molar-refractivity contribution >= 4 is 33.3 Å². The normalized spacial score (nSPS) is 15.5. The third kappa shape index (κ3) is 4.82. The number of benzene rings is 3. The smallest absolute Gasteiger partial charge is 0.279 e. The lowest BCUT2D eigenvalue weighted by Crippen LogP contribution is -2.24. The molecule has 2 heterocycles. The second kappa shape index (κ2) is 9.63. The third-order valence-electron chi connectivity index (χ3n) is 5.68. The Bertz CT molecular complexity index is 1550. The third-order valence-corrected chi connectivity index (χ3v) is 7.06. The summed E-state index contributed by atoms with van der Waals surface area (Å²) in [6, 6.07) is 19.9. The van der Waals surface area contributed by atoms with Gasteiger partial charge in [-0.3, -0.25) is 9.52 Å². The monoisotopic (exact) mass is 498 g/mol. The number of carbonyl (C=O) groups excluding carboxylic acids is 1. The van der Waals surface area contributed by atoms with E-state index in [1.54, 1.807) is 24.3 Å². The minimum Gasteiger partial charge on any atom is -0.497 e. The summed E-state index contributed by atoms with van der Waals surface area (Å²) in [5.41, 5.74) is 2.23. The van der Waals surface area contributed by atoms with Crippen LogP contribution in [0.5, 0.6) is 5.75 Å². The van der Waals surface area contributed by atoms with E-state index in [-0.39, 0.29) is 16.3 Å². The van der Waals surface area contributed by atoms with Crippen LogP contribution in [0.2, 0.25) is 0 Å². The van der Waals surface area contributed by atoms with Gasteiger partial charge in [0.1, 0.15) is 11.6 Å². The second-order valence-electron chi connectivity index (χ2n) is 8.06. The van der Waals surface area contributed by atoms with Gasteiger partial charge in [-0.2, -0.15) is 4.99 Å². The van der Waals surface area contributed by atoms with Gasteiger partial charge in [-0.1, -0.05) is 36.4 Å². The number of rotatable bonds is 5. The molecule has 5 rings (SSSR count). The number of nitrogens with zero attached hydrogens (tertiary/aromatic N) is 3. The molecule has 2 aliphatic heterocycles. The van der Waals surface area contributed by atoms with Gasteiger partial charge >= 0.3 is 0 Å². The number of sulfonamides is 1. The number of methoxy groups -OCH3 is 1. The highest BCUT2D eigenvalue weighted by atomic mass is 32.2. The Labute approximate surface area is 209 Å². The summed E-state index contributed by atoms with van der Waals surface area (Å²) in [4.78, 5) is 24.0. The van der Waals surface area contributed by atoms with Crippen molar-refractivity contribution in [2.24, 2.45) is 9.98 Å². The number of ether oxygens (including phenoxy) is 1. The Morgan fingerprint density at radius 2 is 1.83 bits per heavy atom. The van der Waals surface area contributed by atoms with Gasteiger partial charge < -0.3 is 9.64 Å². The number of hydrogen-bond acceptors (Lipinski definition) is 5. The van der Waals surface area contributed by atoms with Gasteiger partial charge in [-0.25, -0.2) is 13.4 Å². The van der Waals surface area contributed by atoms with Crippen LogP contribution in [0.15, 0.2) is 112 Å². The molecule has 0 aliphatic carbocycles. The largest absolute Gasteiger partial charge is 0.497 e. The van der Waals surface area contributed by atoms with Gasteiger partial charge in [0.05, 0.1) is 12.0 Å². The molecule has 3 aromatic carbocycles. The van der Waals surface area contributed by atoms with Crippen molar-refractivity contribution in [1.29, 1.82) is 0 Å². The SMILES string of the molecule is COc1ccc(NS(=O)(=O)c2cccc(C(=O)N=C3N=C4C=CC=CN4Cc4ccccc43)c2)cc1. The maximum atomic E-state index is 13.2. The molecule has 2 aliphatic rings. The van der Waals surface area contributed by atoms with Gasteiger partial charge in [0.25, 0.3) is 15.9 Å². The first kappa shape index (κ1) is 23.3. The van der Waals surface area contributed by atoms with Crippen molar-refractivity contribution in [3.8, 4) is 5.75 Å². The number of anilines is 1. The second-order valence-corrected chi connectivity index (χ2v) is 9.74. The Morgan fingerprint density at radius 3 is 2.64 bits per heavy atom.